The van der Waals surface area contributed by atoms with Crippen LogP contribution in [0.5, 0.6) is 5.75 Å². The van der Waals surface area contributed by atoms with E-state index in [1.165, 1.54) is 37.0 Å². The molecule has 0 aliphatic rings. The van der Waals surface area contributed by atoms with E-state index in [1.54, 1.807) is 6.07 Å². The van der Waals surface area contributed by atoms with Crippen LogP contribution in [-0.2, 0) is 14.8 Å². The van der Waals surface area contributed by atoms with Crippen LogP contribution in [0.1, 0.15) is 37.8 Å². The lowest BCUT2D eigenvalue weighted by Gasteiger charge is -2.17. The molecule has 0 aliphatic heterocycles. The van der Waals surface area contributed by atoms with Crippen molar-refractivity contribution in [2.45, 2.75) is 44.6 Å². The number of aromatic nitrogens is 1. The van der Waals surface area contributed by atoms with E-state index in [1.807, 2.05) is 23.8 Å². The molecule has 1 heterocycles. The summed E-state index contributed by atoms with van der Waals surface area (Å²) < 4.78 is 31.9. The Morgan fingerprint density at radius 3 is 2.48 bits per heavy atom. The maximum absolute atomic E-state index is 12.2. The monoisotopic (exact) mass is 362 g/mol. The van der Waals surface area contributed by atoms with E-state index in [0.717, 1.165) is 5.56 Å². The molecule has 1 aromatic heterocycles. The Morgan fingerprint density at radius 1 is 1.20 bits per heavy atom. The van der Waals surface area contributed by atoms with Gasteiger partial charge in [-0.05, 0) is 55.2 Å². The fourth-order valence-corrected chi connectivity index (χ4v) is 3.41. The highest BCUT2D eigenvalue weighted by Crippen LogP contribution is 2.24. The van der Waals surface area contributed by atoms with Gasteiger partial charge in [-0.15, -0.1) is 0 Å². The Kier molecular flexibility index (Phi) is 5.79. The number of amides is 1. The Bertz CT molecular complexity index is 849. The number of pyridine rings is 1. The van der Waals surface area contributed by atoms with Gasteiger partial charge < -0.3 is 4.74 Å². The SMILES string of the molecule is Cc1cc(OC(C)C(=O)NS(=O)(=O)c2cccnc2)ccc1C(C)C. The van der Waals surface area contributed by atoms with Crippen LogP contribution >= 0.6 is 0 Å². The van der Waals surface area contributed by atoms with Crippen LogP contribution < -0.4 is 9.46 Å². The van der Waals surface area contributed by atoms with Crippen LogP contribution in [-0.4, -0.2) is 25.4 Å². The molecule has 1 amide bonds. The molecule has 6 nitrogen and oxygen atoms in total. The molecule has 2 rings (SSSR count). The topological polar surface area (TPSA) is 85.4 Å². The van der Waals surface area contributed by atoms with E-state index < -0.39 is 22.0 Å². The molecule has 0 bridgehead atoms. The lowest BCUT2D eigenvalue weighted by Crippen LogP contribution is -2.40. The Hall–Kier alpha value is -2.41. The van der Waals surface area contributed by atoms with Crippen molar-refractivity contribution >= 4 is 15.9 Å². The van der Waals surface area contributed by atoms with Crippen molar-refractivity contribution in [3.63, 3.8) is 0 Å². The maximum Gasteiger partial charge on any atom is 0.274 e. The molecule has 0 fully saturated rings. The van der Waals surface area contributed by atoms with E-state index in [2.05, 4.69) is 18.8 Å². The molecule has 25 heavy (non-hydrogen) atoms. The summed E-state index contributed by atoms with van der Waals surface area (Å²) >= 11 is 0. The predicted molar refractivity (Wildman–Crippen MR) is 94.9 cm³/mol. The minimum Gasteiger partial charge on any atom is -0.481 e. The van der Waals surface area contributed by atoms with Gasteiger partial charge in [0.2, 0.25) is 0 Å². The van der Waals surface area contributed by atoms with E-state index >= 15 is 0 Å². The first-order valence-corrected chi connectivity index (χ1v) is 9.43. The van der Waals surface area contributed by atoms with Gasteiger partial charge in [-0.25, -0.2) is 13.1 Å². The number of nitrogens with one attached hydrogen (secondary N) is 1. The van der Waals surface area contributed by atoms with Gasteiger partial charge in [-0.2, -0.15) is 0 Å². The second-order valence-electron chi connectivity index (χ2n) is 6.09. The lowest BCUT2D eigenvalue weighted by molar-refractivity contribution is -0.125. The van der Waals surface area contributed by atoms with Crippen LogP contribution in [0.4, 0.5) is 0 Å². The van der Waals surface area contributed by atoms with Gasteiger partial charge in [0, 0.05) is 12.4 Å². The van der Waals surface area contributed by atoms with Crippen molar-refractivity contribution in [1.82, 2.24) is 9.71 Å². The number of hydrogen-bond acceptors (Lipinski definition) is 5. The minimum atomic E-state index is -3.96. The minimum absolute atomic E-state index is 0.0762. The van der Waals surface area contributed by atoms with Crippen LogP contribution in [0.15, 0.2) is 47.6 Å². The van der Waals surface area contributed by atoms with Gasteiger partial charge in [0.05, 0.1) is 0 Å². The molecule has 0 saturated heterocycles. The maximum atomic E-state index is 12.2. The predicted octanol–water partition coefficient (Wildman–Crippen LogP) is 2.79. The van der Waals surface area contributed by atoms with E-state index in [-0.39, 0.29) is 4.90 Å². The van der Waals surface area contributed by atoms with E-state index in [0.29, 0.717) is 11.7 Å². The number of benzene rings is 1. The van der Waals surface area contributed by atoms with Gasteiger partial charge in [0.15, 0.2) is 6.10 Å². The summed E-state index contributed by atoms with van der Waals surface area (Å²) in [6.07, 6.45) is 1.67. The zero-order chi connectivity index (χ0) is 18.6. The molecule has 1 unspecified atom stereocenters. The van der Waals surface area contributed by atoms with Crippen LogP contribution in [0.25, 0.3) is 0 Å². The Labute approximate surface area is 148 Å². The molecule has 1 N–H and O–H groups in total. The highest BCUT2D eigenvalue weighted by Gasteiger charge is 2.23. The number of carbonyl (C=O) groups excluding carboxylic acids is 1. The van der Waals surface area contributed by atoms with Gasteiger partial charge in [0.1, 0.15) is 10.6 Å². The summed E-state index contributed by atoms with van der Waals surface area (Å²) in [5.41, 5.74) is 2.26. The number of ether oxygens (including phenoxy) is 1. The third kappa shape index (κ3) is 4.79. The number of aryl methyl sites for hydroxylation is 1. The molecular formula is C18H22N2O4S. The second-order valence-corrected chi connectivity index (χ2v) is 7.77. The molecule has 134 valence electrons. The molecule has 0 saturated carbocycles. The molecule has 0 radical (unpaired) electrons. The largest absolute Gasteiger partial charge is 0.481 e. The van der Waals surface area contributed by atoms with E-state index in [4.69, 9.17) is 4.74 Å². The Balaban J connectivity index is 2.07. The van der Waals surface area contributed by atoms with E-state index in [9.17, 15) is 13.2 Å². The van der Waals surface area contributed by atoms with Crippen molar-refractivity contribution in [2.24, 2.45) is 0 Å². The fourth-order valence-electron chi connectivity index (χ4n) is 2.41. The summed E-state index contributed by atoms with van der Waals surface area (Å²) in [6.45, 7) is 7.67. The second kappa shape index (κ2) is 7.65. The normalized spacial score (nSPS) is 12.7. The molecule has 0 spiro atoms. The molecule has 2 aromatic rings. The molecule has 1 atom stereocenters. The van der Waals surface area contributed by atoms with Gasteiger partial charge in [-0.1, -0.05) is 19.9 Å². The molecule has 7 heteroatoms. The number of hydrogen-bond donors (Lipinski definition) is 1. The van der Waals surface area contributed by atoms with Crippen LogP contribution in [0, 0.1) is 6.92 Å². The Morgan fingerprint density at radius 2 is 1.92 bits per heavy atom. The molecule has 1 aromatic carbocycles. The average Bonchev–Trinajstić information content (AvgIpc) is 2.55. The smallest absolute Gasteiger partial charge is 0.274 e. The summed E-state index contributed by atoms with van der Waals surface area (Å²) in [7, 11) is -3.96. The van der Waals surface area contributed by atoms with Gasteiger partial charge >= 0.3 is 0 Å². The zero-order valence-corrected chi connectivity index (χ0v) is 15.5. The van der Waals surface area contributed by atoms with Crippen molar-refractivity contribution in [3.05, 3.63) is 53.9 Å². The molecular weight excluding hydrogens is 340 g/mol. The van der Waals surface area contributed by atoms with Crippen molar-refractivity contribution in [3.8, 4) is 5.75 Å². The first-order valence-electron chi connectivity index (χ1n) is 7.94. The van der Waals surface area contributed by atoms with Crippen molar-refractivity contribution < 1.29 is 17.9 Å². The van der Waals surface area contributed by atoms with Crippen LogP contribution in [0.2, 0.25) is 0 Å². The average molecular weight is 362 g/mol. The lowest BCUT2D eigenvalue weighted by atomic mass is 9.98. The van der Waals surface area contributed by atoms with Crippen molar-refractivity contribution in [1.29, 1.82) is 0 Å². The van der Waals surface area contributed by atoms with Gasteiger partial charge in [0.25, 0.3) is 15.9 Å². The summed E-state index contributed by atoms with van der Waals surface area (Å²) in [4.78, 5) is 15.8. The summed E-state index contributed by atoms with van der Waals surface area (Å²) in [5.74, 6) is 0.164. The standard InChI is InChI=1S/C18H22N2O4S/c1-12(2)17-8-7-15(10-13(17)3)24-14(4)18(21)20-25(22,23)16-6-5-9-19-11-16/h5-12,14H,1-4H3,(H,20,21). The summed E-state index contributed by atoms with van der Waals surface area (Å²) in [6, 6.07) is 8.42. The number of rotatable bonds is 6. The molecule has 0 aliphatic carbocycles. The number of sulfonamides is 1. The van der Waals surface area contributed by atoms with Crippen LogP contribution in [0.3, 0.4) is 0 Å². The zero-order valence-electron chi connectivity index (χ0n) is 14.7. The van der Waals surface area contributed by atoms with Crippen molar-refractivity contribution in [2.75, 3.05) is 0 Å². The quantitative estimate of drug-likeness (QED) is 0.854. The number of carbonyl (C=O) groups is 1. The first-order chi connectivity index (χ1) is 11.7. The third-order valence-corrected chi connectivity index (χ3v) is 5.06. The highest BCUT2D eigenvalue weighted by atomic mass is 32.2. The summed E-state index contributed by atoms with van der Waals surface area (Å²) in [5, 5.41) is 0. The fraction of sp³-hybridized carbons (Fsp3) is 0.333. The third-order valence-electron chi connectivity index (χ3n) is 3.73. The highest BCUT2D eigenvalue weighted by molar-refractivity contribution is 7.90. The van der Waals surface area contributed by atoms with Gasteiger partial charge in [-0.3, -0.25) is 9.78 Å². The number of nitrogens with zero attached hydrogens (tertiary/aromatic N) is 1. The first kappa shape index (κ1) is 18.9.